The minimum absolute atomic E-state index is 0.291. The molecule has 24 heavy (non-hydrogen) atoms. The van der Waals surface area contributed by atoms with Crippen molar-refractivity contribution in [2.45, 2.75) is 67.2 Å². The molecule has 1 heteroatoms. The van der Waals surface area contributed by atoms with Crippen molar-refractivity contribution >= 4 is 5.57 Å². The molecule has 0 fully saturated rings. The number of rotatable bonds is 4. The van der Waals surface area contributed by atoms with Crippen LogP contribution in [0, 0.1) is 5.41 Å². The molecule has 0 spiro atoms. The van der Waals surface area contributed by atoms with Gasteiger partial charge in [0.1, 0.15) is 0 Å². The second kappa shape index (κ2) is 6.56. The normalized spacial score (nSPS) is 22.5. The zero-order valence-electron chi connectivity index (χ0n) is 16.3. The summed E-state index contributed by atoms with van der Waals surface area (Å²) in [6, 6.07) is 9.07. The Morgan fingerprint density at radius 1 is 1.04 bits per heavy atom. The molecule has 1 aromatic carbocycles. The molecular weight excluding hydrogens is 455 g/mol. The fraction of sp³-hybridized carbons (Fsp3) is 0.478. The number of hydrogen-bond donors (Lipinski definition) is 0. The van der Waals surface area contributed by atoms with E-state index in [0.717, 1.165) is 0 Å². The van der Waals surface area contributed by atoms with Crippen LogP contribution in [-0.4, -0.2) is 0 Å². The molecular formula is C23H30Hf. The molecule has 3 rings (SSSR count). The maximum absolute atomic E-state index is 2.47. The first-order valence-electron chi connectivity index (χ1n) is 9.29. The molecule has 0 aromatic heterocycles. The molecule has 2 aliphatic rings. The summed E-state index contributed by atoms with van der Waals surface area (Å²) in [6.07, 6.45) is 2.53. The van der Waals surface area contributed by atoms with Gasteiger partial charge in [0.25, 0.3) is 0 Å². The van der Waals surface area contributed by atoms with Gasteiger partial charge in [-0.25, -0.2) is 0 Å². The Hall–Kier alpha value is -0.690. The standard InChI is InChI=1S/C12H19.C11H11.Hf/c1-6-7-11-8-12(4,5)10(3)9(11)2;1-8-7-9(2)11-6-4-3-5-10(8)11;/h6-7H2,1-5H3;3-6,8H,1-2H3;. The quantitative estimate of drug-likeness (QED) is 0.402. The fourth-order valence-electron chi connectivity index (χ4n) is 4.42. The van der Waals surface area contributed by atoms with E-state index >= 15 is 0 Å². The average Bonchev–Trinajstić information content (AvgIpc) is 2.89. The number of benzene rings is 1. The monoisotopic (exact) mass is 486 g/mol. The van der Waals surface area contributed by atoms with Gasteiger partial charge in [-0.05, 0) is 0 Å². The SMILES string of the molecule is CCCC1=[C]([Hf][C]2=C(C)c3ccccc3C2C)C(C)(C)C(C)=C1C. The molecule has 2 aliphatic carbocycles. The Morgan fingerprint density at radius 3 is 2.33 bits per heavy atom. The predicted octanol–water partition coefficient (Wildman–Crippen LogP) is 7.05. The van der Waals surface area contributed by atoms with Crippen molar-refractivity contribution in [2.24, 2.45) is 5.41 Å². The third kappa shape index (κ3) is 2.68. The van der Waals surface area contributed by atoms with Crippen molar-refractivity contribution in [3.05, 3.63) is 58.8 Å². The molecule has 0 bridgehead atoms. The number of fused-ring (bicyclic) bond motifs is 1. The Morgan fingerprint density at radius 2 is 1.71 bits per heavy atom. The molecule has 0 nitrogen and oxygen atoms in total. The second-order valence-corrected chi connectivity index (χ2v) is 12.6. The van der Waals surface area contributed by atoms with E-state index in [1.54, 1.807) is 27.9 Å². The average molecular weight is 485 g/mol. The summed E-state index contributed by atoms with van der Waals surface area (Å²) < 4.78 is 3.70. The van der Waals surface area contributed by atoms with Gasteiger partial charge in [0.05, 0.1) is 0 Å². The van der Waals surface area contributed by atoms with Gasteiger partial charge in [-0.1, -0.05) is 0 Å². The van der Waals surface area contributed by atoms with Crippen LogP contribution in [-0.2, 0) is 22.9 Å². The van der Waals surface area contributed by atoms with Crippen molar-refractivity contribution in [1.29, 1.82) is 0 Å². The molecule has 0 aliphatic heterocycles. The summed E-state index contributed by atoms with van der Waals surface area (Å²) in [5.74, 6) is 0.636. The number of hydrogen-bond acceptors (Lipinski definition) is 0. The van der Waals surface area contributed by atoms with Crippen molar-refractivity contribution in [1.82, 2.24) is 0 Å². The third-order valence-corrected chi connectivity index (χ3v) is 14.4. The molecule has 0 heterocycles. The molecule has 1 aromatic rings. The summed E-state index contributed by atoms with van der Waals surface area (Å²) in [5.41, 5.74) is 9.92. The van der Waals surface area contributed by atoms with Crippen LogP contribution in [0.15, 0.2) is 47.6 Å². The van der Waals surface area contributed by atoms with Gasteiger partial charge < -0.3 is 0 Å². The van der Waals surface area contributed by atoms with Crippen LogP contribution in [0.4, 0.5) is 0 Å². The van der Waals surface area contributed by atoms with Crippen molar-refractivity contribution in [3.8, 4) is 0 Å². The summed E-state index contributed by atoms with van der Waals surface area (Å²) in [7, 11) is 0. The zero-order chi connectivity index (χ0) is 17.6. The first-order chi connectivity index (χ1) is 11.3. The maximum atomic E-state index is 2.47. The topological polar surface area (TPSA) is 0 Å². The van der Waals surface area contributed by atoms with Crippen LogP contribution in [0.2, 0.25) is 0 Å². The van der Waals surface area contributed by atoms with Gasteiger partial charge in [0.2, 0.25) is 0 Å². The van der Waals surface area contributed by atoms with Gasteiger partial charge in [0.15, 0.2) is 0 Å². The van der Waals surface area contributed by atoms with Gasteiger partial charge >= 0.3 is 160 Å². The van der Waals surface area contributed by atoms with E-state index in [2.05, 4.69) is 72.7 Å². The van der Waals surface area contributed by atoms with Crippen LogP contribution in [0.5, 0.6) is 0 Å². The molecule has 0 saturated carbocycles. The van der Waals surface area contributed by atoms with Crippen LogP contribution in [0.25, 0.3) is 5.57 Å². The first-order valence-corrected chi connectivity index (χ1v) is 12.9. The van der Waals surface area contributed by atoms with Crippen LogP contribution >= 0.6 is 0 Å². The van der Waals surface area contributed by atoms with E-state index in [1.807, 2.05) is 6.66 Å². The van der Waals surface area contributed by atoms with Gasteiger partial charge in [-0.15, -0.1) is 0 Å². The molecule has 0 radical (unpaired) electrons. The zero-order valence-corrected chi connectivity index (χ0v) is 19.9. The summed E-state index contributed by atoms with van der Waals surface area (Å²) in [5, 5.41) is 0. The Balaban J connectivity index is 2.04. The van der Waals surface area contributed by atoms with Crippen molar-refractivity contribution in [2.75, 3.05) is 0 Å². The summed E-state index contributed by atoms with van der Waals surface area (Å²) in [4.78, 5) is 0. The fourth-order valence-corrected chi connectivity index (χ4v) is 11.3. The Kier molecular flexibility index (Phi) is 4.95. The van der Waals surface area contributed by atoms with Gasteiger partial charge in [-0.3, -0.25) is 0 Å². The van der Waals surface area contributed by atoms with Crippen molar-refractivity contribution in [3.63, 3.8) is 0 Å². The second-order valence-electron chi connectivity index (χ2n) is 7.95. The van der Waals surface area contributed by atoms with E-state index in [1.165, 1.54) is 18.4 Å². The van der Waals surface area contributed by atoms with Gasteiger partial charge in [-0.2, -0.15) is 0 Å². The number of allylic oxidation sites excluding steroid dienone is 6. The van der Waals surface area contributed by atoms with E-state index in [9.17, 15) is 0 Å². The van der Waals surface area contributed by atoms with Crippen molar-refractivity contribution < 1.29 is 22.9 Å². The van der Waals surface area contributed by atoms with Crippen LogP contribution < -0.4 is 0 Å². The Bertz CT molecular complexity index is 771. The molecule has 0 N–H and O–H groups in total. The summed E-state index contributed by atoms with van der Waals surface area (Å²) >= 11 is -1.03. The van der Waals surface area contributed by atoms with E-state index < -0.39 is 22.9 Å². The van der Waals surface area contributed by atoms with Gasteiger partial charge in [0, 0.05) is 0 Å². The Labute approximate surface area is 159 Å². The molecule has 1 atom stereocenters. The molecule has 1 unspecified atom stereocenters. The first kappa shape index (κ1) is 18.1. The van der Waals surface area contributed by atoms with Crippen LogP contribution in [0.3, 0.4) is 0 Å². The van der Waals surface area contributed by atoms with E-state index in [-0.39, 0.29) is 0 Å². The van der Waals surface area contributed by atoms with Crippen LogP contribution in [0.1, 0.15) is 78.4 Å². The minimum atomic E-state index is -1.03. The third-order valence-electron chi connectivity index (χ3n) is 6.31. The predicted molar refractivity (Wildman–Crippen MR) is 102 cm³/mol. The van der Waals surface area contributed by atoms with E-state index in [4.69, 9.17) is 0 Å². The molecule has 126 valence electrons. The molecule has 0 amide bonds. The molecule has 0 saturated heterocycles. The summed E-state index contributed by atoms with van der Waals surface area (Å²) in [6.45, 7) is 16.8. The van der Waals surface area contributed by atoms with E-state index in [0.29, 0.717) is 11.3 Å².